The summed E-state index contributed by atoms with van der Waals surface area (Å²) in [5.74, 6) is 5.63. The fourth-order valence-electron chi connectivity index (χ4n) is 1.00. The highest BCUT2D eigenvalue weighted by Gasteiger charge is 2.04. The summed E-state index contributed by atoms with van der Waals surface area (Å²) >= 11 is 2.24. The van der Waals surface area contributed by atoms with Gasteiger partial charge < -0.3 is 5.11 Å². The van der Waals surface area contributed by atoms with Crippen molar-refractivity contribution in [3.63, 3.8) is 0 Å². The van der Waals surface area contributed by atoms with Gasteiger partial charge in [-0.3, -0.25) is 0 Å². The number of halogens is 1. The van der Waals surface area contributed by atoms with Crippen molar-refractivity contribution in [3.05, 3.63) is 33.4 Å². The molecule has 68 valence electrons. The number of hydrogen-bond donors (Lipinski definition) is 1. The molecule has 0 bridgehead atoms. The summed E-state index contributed by atoms with van der Waals surface area (Å²) in [4.78, 5) is 0. The van der Waals surface area contributed by atoms with E-state index in [0.717, 1.165) is 5.56 Å². The van der Waals surface area contributed by atoms with Gasteiger partial charge in [-0.15, -0.1) is 11.8 Å². The number of rotatable bonds is 2. The average molecular weight is 286 g/mol. The van der Waals surface area contributed by atoms with Crippen LogP contribution in [0.3, 0.4) is 0 Å². The van der Waals surface area contributed by atoms with Gasteiger partial charge in [0.1, 0.15) is 0 Å². The predicted molar refractivity (Wildman–Crippen MR) is 62.2 cm³/mol. The van der Waals surface area contributed by atoms with Crippen LogP contribution in [-0.4, -0.2) is 5.11 Å². The highest BCUT2D eigenvalue weighted by Crippen LogP contribution is 2.17. The molecule has 0 aromatic heterocycles. The molecule has 1 unspecified atom stereocenters. The topological polar surface area (TPSA) is 20.2 Å². The molecule has 0 radical (unpaired) electrons. The molecule has 1 N–H and O–H groups in total. The van der Waals surface area contributed by atoms with E-state index < -0.39 is 6.10 Å². The molecule has 0 amide bonds. The van der Waals surface area contributed by atoms with Crippen molar-refractivity contribution < 1.29 is 5.11 Å². The van der Waals surface area contributed by atoms with E-state index in [-0.39, 0.29) is 0 Å². The summed E-state index contributed by atoms with van der Waals surface area (Å²) in [6.07, 6.45) is 0.0568. The van der Waals surface area contributed by atoms with Gasteiger partial charge in [0, 0.05) is 9.99 Å². The number of hydrogen-bond acceptors (Lipinski definition) is 1. The lowest BCUT2D eigenvalue weighted by atomic mass is 10.1. The third-order valence-corrected chi connectivity index (χ3v) is 2.45. The summed E-state index contributed by atoms with van der Waals surface area (Å²) in [6, 6.07) is 7.84. The summed E-state index contributed by atoms with van der Waals surface area (Å²) in [5, 5.41) is 9.64. The highest BCUT2D eigenvalue weighted by molar-refractivity contribution is 14.1. The monoisotopic (exact) mass is 286 g/mol. The van der Waals surface area contributed by atoms with Crippen LogP contribution in [0.5, 0.6) is 0 Å². The third-order valence-electron chi connectivity index (χ3n) is 1.73. The SMILES string of the molecule is CC#CCC(O)c1ccc(I)cc1. The first-order valence-electron chi connectivity index (χ1n) is 4.07. The lowest BCUT2D eigenvalue weighted by Crippen LogP contribution is -1.95. The van der Waals surface area contributed by atoms with Gasteiger partial charge in [-0.05, 0) is 47.2 Å². The normalized spacial score (nSPS) is 11.6. The molecule has 1 aromatic rings. The maximum absolute atomic E-state index is 9.64. The van der Waals surface area contributed by atoms with Crippen LogP contribution < -0.4 is 0 Å². The molecule has 0 fully saturated rings. The molecule has 0 heterocycles. The van der Waals surface area contributed by atoms with Crippen LogP contribution in [0.1, 0.15) is 25.0 Å². The van der Waals surface area contributed by atoms with Crippen molar-refractivity contribution in [2.24, 2.45) is 0 Å². The highest BCUT2D eigenvalue weighted by atomic mass is 127. The van der Waals surface area contributed by atoms with E-state index in [0.29, 0.717) is 6.42 Å². The van der Waals surface area contributed by atoms with Crippen LogP contribution in [-0.2, 0) is 0 Å². The minimum absolute atomic E-state index is 0.454. The Kier molecular flexibility index (Phi) is 4.26. The van der Waals surface area contributed by atoms with E-state index >= 15 is 0 Å². The van der Waals surface area contributed by atoms with Crippen molar-refractivity contribution in [1.82, 2.24) is 0 Å². The first kappa shape index (κ1) is 10.6. The van der Waals surface area contributed by atoms with Crippen molar-refractivity contribution >= 4 is 22.6 Å². The Morgan fingerprint density at radius 3 is 2.54 bits per heavy atom. The van der Waals surface area contributed by atoms with Crippen molar-refractivity contribution in [2.75, 3.05) is 0 Å². The van der Waals surface area contributed by atoms with Crippen LogP contribution in [0.15, 0.2) is 24.3 Å². The zero-order chi connectivity index (χ0) is 9.68. The van der Waals surface area contributed by atoms with Crippen LogP contribution in [0.25, 0.3) is 0 Å². The molecule has 13 heavy (non-hydrogen) atoms. The Balaban J connectivity index is 2.69. The van der Waals surface area contributed by atoms with Crippen molar-refractivity contribution in [2.45, 2.75) is 19.4 Å². The fourth-order valence-corrected chi connectivity index (χ4v) is 1.36. The second-order valence-corrected chi connectivity index (χ2v) is 3.94. The van der Waals surface area contributed by atoms with Crippen molar-refractivity contribution in [1.29, 1.82) is 0 Å². The standard InChI is InChI=1S/C11H11IO/c1-2-3-4-11(13)9-5-7-10(12)8-6-9/h5-8,11,13H,4H2,1H3. The zero-order valence-corrected chi connectivity index (χ0v) is 9.58. The first-order chi connectivity index (χ1) is 6.24. The Morgan fingerprint density at radius 2 is 2.00 bits per heavy atom. The van der Waals surface area contributed by atoms with E-state index in [1.54, 1.807) is 6.92 Å². The Hall–Kier alpha value is -0.530. The Bertz CT molecular complexity index is 318. The van der Waals surface area contributed by atoms with Crippen LogP contribution >= 0.6 is 22.6 Å². The largest absolute Gasteiger partial charge is 0.387 e. The van der Waals surface area contributed by atoms with E-state index in [1.807, 2.05) is 24.3 Å². The third kappa shape index (κ3) is 3.37. The second-order valence-electron chi connectivity index (χ2n) is 2.70. The molecule has 0 aliphatic carbocycles. The molecule has 2 heteroatoms. The van der Waals surface area contributed by atoms with Gasteiger partial charge in [-0.1, -0.05) is 12.1 Å². The minimum Gasteiger partial charge on any atom is -0.387 e. The quantitative estimate of drug-likeness (QED) is 0.654. The van der Waals surface area contributed by atoms with Gasteiger partial charge in [0.05, 0.1) is 6.10 Å². The predicted octanol–water partition coefficient (Wildman–Crippen LogP) is 2.74. The lowest BCUT2D eigenvalue weighted by molar-refractivity contribution is 0.184. The van der Waals surface area contributed by atoms with E-state index in [4.69, 9.17) is 0 Å². The molecular weight excluding hydrogens is 275 g/mol. The van der Waals surface area contributed by atoms with Gasteiger partial charge in [-0.2, -0.15) is 0 Å². The molecule has 0 aliphatic rings. The fraction of sp³-hybridized carbons (Fsp3) is 0.273. The van der Waals surface area contributed by atoms with E-state index in [9.17, 15) is 5.11 Å². The van der Waals surface area contributed by atoms with Gasteiger partial charge >= 0.3 is 0 Å². The van der Waals surface area contributed by atoms with Gasteiger partial charge in [-0.25, -0.2) is 0 Å². The maximum Gasteiger partial charge on any atom is 0.0899 e. The average Bonchev–Trinajstić information content (AvgIpc) is 2.15. The molecule has 0 aliphatic heterocycles. The maximum atomic E-state index is 9.64. The molecule has 1 nitrogen and oxygen atoms in total. The molecule has 0 saturated heterocycles. The molecule has 1 rings (SSSR count). The first-order valence-corrected chi connectivity index (χ1v) is 5.15. The Labute approximate surface area is 92.3 Å². The van der Waals surface area contributed by atoms with Crippen LogP contribution in [0.4, 0.5) is 0 Å². The Morgan fingerprint density at radius 1 is 1.38 bits per heavy atom. The number of aliphatic hydroxyl groups excluding tert-OH is 1. The van der Waals surface area contributed by atoms with Crippen LogP contribution in [0.2, 0.25) is 0 Å². The molecule has 0 spiro atoms. The smallest absolute Gasteiger partial charge is 0.0899 e. The van der Waals surface area contributed by atoms with Gasteiger partial charge in [0.15, 0.2) is 0 Å². The van der Waals surface area contributed by atoms with E-state index in [1.165, 1.54) is 3.57 Å². The number of aliphatic hydroxyl groups is 1. The zero-order valence-electron chi connectivity index (χ0n) is 7.42. The molecule has 1 atom stereocenters. The van der Waals surface area contributed by atoms with Gasteiger partial charge in [0.2, 0.25) is 0 Å². The lowest BCUT2D eigenvalue weighted by Gasteiger charge is -2.06. The number of benzene rings is 1. The summed E-state index contributed by atoms with van der Waals surface area (Å²) in [6.45, 7) is 1.78. The minimum atomic E-state index is -0.454. The summed E-state index contributed by atoms with van der Waals surface area (Å²) in [5.41, 5.74) is 0.933. The van der Waals surface area contributed by atoms with Crippen molar-refractivity contribution in [3.8, 4) is 11.8 Å². The molecular formula is C11H11IO. The second kappa shape index (κ2) is 5.25. The molecule has 1 aromatic carbocycles. The van der Waals surface area contributed by atoms with E-state index in [2.05, 4.69) is 34.4 Å². The summed E-state index contributed by atoms with van der Waals surface area (Å²) in [7, 11) is 0. The van der Waals surface area contributed by atoms with Crippen LogP contribution in [0, 0.1) is 15.4 Å². The molecule has 0 saturated carbocycles. The summed E-state index contributed by atoms with van der Waals surface area (Å²) < 4.78 is 1.18. The van der Waals surface area contributed by atoms with Gasteiger partial charge in [0.25, 0.3) is 0 Å².